The summed E-state index contributed by atoms with van der Waals surface area (Å²) >= 11 is 0. The number of aryl methyl sites for hydroxylation is 1. The van der Waals surface area contributed by atoms with Gasteiger partial charge in [0.15, 0.2) is 0 Å². The van der Waals surface area contributed by atoms with Crippen molar-refractivity contribution in [2.24, 2.45) is 0 Å². The number of para-hydroxylation sites is 2. The molecule has 0 atom stereocenters. The van der Waals surface area contributed by atoms with Gasteiger partial charge in [-0.15, -0.1) is 0 Å². The van der Waals surface area contributed by atoms with E-state index in [9.17, 15) is 0 Å². The number of hydrogen-bond acceptors (Lipinski definition) is 0. The minimum Gasteiger partial charge on any atom is -0.355 e. The summed E-state index contributed by atoms with van der Waals surface area (Å²) in [6.07, 6.45) is 2.30. The molecule has 0 aliphatic carbocycles. The molecular formula is C39H30N2. The lowest BCUT2D eigenvalue weighted by Crippen LogP contribution is -1.93. The lowest BCUT2D eigenvalue weighted by Gasteiger charge is -2.09. The summed E-state index contributed by atoms with van der Waals surface area (Å²) in [6.45, 7) is 2.23. The number of H-pyrrole nitrogens is 1. The lowest BCUT2D eigenvalue weighted by molar-refractivity contribution is 0.922. The molecule has 2 nitrogen and oxygen atoms in total. The van der Waals surface area contributed by atoms with Gasteiger partial charge < -0.3 is 9.55 Å². The van der Waals surface area contributed by atoms with Crippen molar-refractivity contribution in [3.63, 3.8) is 0 Å². The van der Waals surface area contributed by atoms with E-state index in [0.29, 0.717) is 0 Å². The molecule has 0 saturated heterocycles. The average molecular weight is 527 g/mol. The molecule has 0 aliphatic rings. The number of benzene rings is 6. The van der Waals surface area contributed by atoms with Gasteiger partial charge in [-0.2, -0.15) is 0 Å². The van der Waals surface area contributed by atoms with Crippen LogP contribution in [0.15, 0.2) is 133 Å². The molecule has 0 unspecified atom stereocenters. The van der Waals surface area contributed by atoms with Crippen LogP contribution in [0.25, 0.3) is 71.6 Å². The molecular weight excluding hydrogens is 496 g/mol. The number of nitrogens with one attached hydrogen (secondary N) is 1. The molecule has 2 heterocycles. The third-order valence-electron chi connectivity index (χ3n) is 8.46. The Morgan fingerprint density at radius 2 is 0.976 bits per heavy atom. The molecule has 41 heavy (non-hydrogen) atoms. The van der Waals surface area contributed by atoms with Gasteiger partial charge in [-0.1, -0.05) is 98.3 Å². The number of aromatic nitrogens is 2. The summed E-state index contributed by atoms with van der Waals surface area (Å²) < 4.78 is 2.37. The predicted molar refractivity (Wildman–Crippen MR) is 175 cm³/mol. The zero-order valence-corrected chi connectivity index (χ0v) is 23.1. The molecule has 0 amide bonds. The van der Waals surface area contributed by atoms with E-state index in [1.807, 2.05) is 0 Å². The third kappa shape index (κ3) is 3.95. The fourth-order valence-corrected chi connectivity index (χ4v) is 6.41. The van der Waals surface area contributed by atoms with Crippen LogP contribution in [0, 0.1) is 0 Å². The average Bonchev–Trinajstić information content (AvgIpc) is 3.57. The lowest BCUT2D eigenvalue weighted by atomic mass is 9.99. The first-order valence-corrected chi connectivity index (χ1v) is 14.5. The Hall–Kier alpha value is -5.08. The molecule has 0 spiro atoms. The number of nitrogens with zero attached hydrogens (tertiary/aromatic N) is 1. The van der Waals surface area contributed by atoms with E-state index in [0.717, 1.165) is 6.42 Å². The maximum atomic E-state index is 3.62. The smallest absolute Gasteiger partial charge is 0.0541 e. The van der Waals surface area contributed by atoms with E-state index in [1.54, 1.807) is 0 Å². The first-order chi connectivity index (χ1) is 20.3. The number of aromatic amines is 1. The van der Waals surface area contributed by atoms with E-state index in [1.165, 1.54) is 83.5 Å². The van der Waals surface area contributed by atoms with Gasteiger partial charge in [0.05, 0.1) is 11.0 Å². The Bertz CT molecular complexity index is 2140. The molecule has 2 aromatic heterocycles. The van der Waals surface area contributed by atoms with Crippen LogP contribution < -0.4 is 0 Å². The van der Waals surface area contributed by atoms with Crippen LogP contribution in [0.4, 0.5) is 0 Å². The van der Waals surface area contributed by atoms with E-state index >= 15 is 0 Å². The minimum absolute atomic E-state index is 1.13. The van der Waals surface area contributed by atoms with Crippen LogP contribution in [0.5, 0.6) is 0 Å². The summed E-state index contributed by atoms with van der Waals surface area (Å²) in [5.74, 6) is 0. The van der Waals surface area contributed by atoms with E-state index < -0.39 is 0 Å². The molecule has 8 rings (SSSR count). The Kier molecular flexibility index (Phi) is 5.53. The Labute approximate surface area is 239 Å². The van der Waals surface area contributed by atoms with Gasteiger partial charge in [-0.05, 0) is 82.8 Å². The van der Waals surface area contributed by atoms with Gasteiger partial charge >= 0.3 is 0 Å². The van der Waals surface area contributed by atoms with Crippen molar-refractivity contribution in [3.05, 3.63) is 139 Å². The molecule has 8 aromatic rings. The minimum atomic E-state index is 1.13. The second-order valence-electron chi connectivity index (χ2n) is 11.0. The fraction of sp³-hybridized carbons (Fsp3) is 0.0769. The van der Waals surface area contributed by atoms with Crippen LogP contribution in [0.3, 0.4) is 0 Å². The quantitative estimate of drug-likeness (QED) is 0.230. The van der Waals surface area contributed by atoms with Gasteiger partial charge in [0.1, 0.15) is 0 Å². The van der Waals surface area contributed by atoms with Crippen LogP contribution >= 0.6 is 0 Å². The highest BCUT2D eigenvalue weighted by molar-refractivity contribution is 6.10. The van der Waals surface area contributed by atoms with Gasteiger partial charge in [0.2, 0.25) is 0 Å². The molecule has 1 N–H and O–H groups in total. The first-order valence-electron chi connectivity index (χ1n) is 14.5. The van der Waals surface area contributed by atoms with E-state index in [2.05, 4.69) is 150 Å². The van der Waals surface area contributed by atoms with Gasteiger partial charge in [0, 0.05) is 38.3 Å². The molecule has 0 radical (unpaired) electrons. The summed E-state index contributed by atoms with van der Waals surface area (Å²) in [5, 5.41) is 5.09. The summed E-state index contributed by atoms with van der Waals surface area (Å²) in [7, 11) is 0. The molecule has 0 fully saturated rings. The van der Waals surface area contributed by atoms with Crippen LogP contribution in [0.2, 0.25) is 0 Å². The molecule has 0 saturated carbocycles. The van der Waals surface area contributed by atoms with Crippen molar-refractivity contribution in [2.45, 2.75) is 19.8 Å². The molecule has 196 valence electrons. The van der Waals surface area contributed by atoms with Crippen molar-refractivity contribution >= 4 is 43.6 Å². The standard InChI is InChI=1S/C39H30N2/c1-2-7-26-12-14-27(15-13-26)29-18-22-36-34(24-29)35-25-30(19-23-37(35)40-36)28-16-20-31(21-17-28)41-38-10-5-3-8-32(38)33-9-4-6-11-39(33)41/h3-6,8-25,40H,2,7H2,1H3. The van der Waals surface area contributed by atoms with Gasteiger partial charge in [-0.25, -0.2) is 0 Å². The highest BCUT2D eigenvalue weighted by atomic mass is 15.0. The van der Waals surface area contributed by atoms with E-state index in [4.69, 9.17) is 0 Å². The van der Waals surface area contributed by atoms with Crippen molar-refractivity contribution in [1.29, 1.82) is 0 Å². The van der Waals surface area contributed by atoms with Crippen LogP contribution in [-0.4, -0.2) is 9.55 Å². The molecule has 0 bridgehead atoms. The predicted octanol–water partition coefficient (Wildman–Crippen LogP) is 10.7. The highest BCUT2D eigenvalue weighted by Gasteiger charge is 2.12. The molecule has 0 aliphatic heterocycles. The molecule has 2 heteroatoms. The van der Waals surface area contributed by atoms with Gasteiger partial charge in [-0.3, -0.25) is 0 Å². The maximum Gasteiger partial charge on any atom is 0.0541 e. The Balaban J connectivity index is 1.19. The Morgan fingerprint density at radius 1 is 0.488 bits per heavy atom. The zero-order valence-electron chi connectivity index (χ0n) is 23.1. The van der Waals surface area contributed by atoms with Crippen LogP contribution in [-0.2, 0) is 6.42 Å². The summed E-state index contributed by atoms with van der Waals surface area (Å²) in [6, 6.07) is 48.9. The van der Waals surface area contributed by atoms with Crippen molar-refractivity contribution < 1.29 is 0 Å². The Morgan fingerprint density at radius 3 is 1.51 bits per heavy atom. The highest BCUT2D eigenvalue weighted by Crippen LogP contribution is 2.35. The normalized spacial score (nSPS) is 11.7. The third-order valence-corrected chi connectivity index (χ3v) is 8.46. The van der Waals surface area contributed by atoms with E-state index in [-0.39, 0.29) is 0 Å². The monoisotopic (exact) mass is 526 g/mol. The second kappa shape index (κ2) is 9.53. The number of hydrogen-bond donors (Lipinski definition) is 1. The topological polar surface area (TPSA) is 20.7 Å². The number of rotatable bonds is 5. The summed E-state index contributed by atoms with van der Waals surface area (Å²) in [5.41, 5.74) is 12.3. The first kappa shape index (κ1) is 23.8. The van der Waals surface area contributed by atoms with Gasteiger partial charge in [0.25, 0.3) is 0 Å². The zero-order chi connectivity index (χ0) is 27.3. The van der Waals surface area contributed by atoms with Crippen molar-refractivity contribution in [1.82, 2.24) is 9.55 Å². The molecule has 6 aromatic carbocycles. The SMILES string of the molecule is CCCc1ccc(-c2ccc3[nH]c4ccc(-c5ccc(-n6c7ccccc7c7ccccc76)cc5)cc4c3c2)cc1. The largest absolute Gasteiger partial charge is 0.355 e. The fourth-order valence-electron chi connectivity index (χ4n) is 6.41. The maximum absolute atomic E-state index is 3.62. The number of fused-ring (bicyclic) bond motifs is 6. The van der Waals surface area contributed by atoms with Crippen molar-refractivity contribution in [3.8, 4) is 27.9 Å². The summed E-state index contributed by atoms with van der Waals surface area (Å²) in [4.78, 5) is 3.62. The van der Waals surface area contributed by atoms with Crippen LogP contribution in [0.1, 0.15) is 18.9 Å². The second-order valence-corrected chi connectivity index (χ2v) is 11.0. The van der Waals surface area contributed by atoms with Crippen molar-refractivity contribution in [2.75, 3.05) is 0 Å².